The van der Waals surface area contributed by atoms with Crippen LogP contribution in [-0.2, 0) is 6.54 Å². The zero-order valence-electron chi connectivity index (χ0n) is 14.1. The molecule has 0 spiro atoms. The normalized spacial score (nSPS) is 11.9. The van der Waals surface area contributed by atoms with E-state index < -0.39 is 0 Å². The molecular formula is C19H19N3O3. The van der Waals surface area contributed by atoms with Crippen molar-refractivity contribution in [1.82, 2.24) is 14.7 Å². The van der Waals surface area contributed by atoms with Gasteiger partial charge in [-0.2, -0.15) is 5.10 Å². The van der Waals surface area contributed by atoms with Gasteiger partial charge in [-0.25, -0.2) is 4.68 Å². The van der Waals surface area contributed by atoms with E-state index in [1.54, 1.807) is 24.3 Å². The van der Waals surface area contributed by atoms with E-state index in [4.69, 9.17) is 4.42 Å². The number of hydrogen-bond acceptors (Lipinski definition) is 4. The van der Waals surface area contributed by atoms with Crippen LogP contribution in [0.2, 0.25) is 0 Å². The van der Waals surface area contributed by atoms with Crippen molar-refractivity contribution in [2.75, 3.05) is 7.05 Å². The molecule has 2 aromatic heterocycles. The number of benzene rings is 1. The lowest BCUT2D eigenvalue weighted by Crippen LogP contribution is -2.33. The zero-order valence-corrected chi connectivity index (χ0v) is 14.1. The van der Waals surface area contributed by atoms with Crippen LogP contribution in [0.1, 0.15) is 34.8 Å². The van der Waals surface area contributed by atoms with Crippen molar-refractivity contribution in [2.45, 2.75) is 19.5 Å². The molecule has 1 amide bonds. The molecular weight excluding hydrogens is 318 g/mol. The van der Waals surface area contributed by atoms with Gasteiger partial charge in [0.05, 0.1) is 18.8 Å². The Labute approximate surface area is 145 Å². The van der Waals surface area contributed by atoms with Crippen molar-refractivity contribution in [1.29, 1.82) is 0 Å². The average molecular weight is 337 g/mol. The van der Waals surface area contributed by atoms with Crippen LogP contribution < -0.4 is 5.56 Å². The van der Waals surface area contributed by atoms with Crippen LogP contribution in [0.3, 0.4) is 0 Å². The maximum atomic E-state index is 12.7. The Kier molecular flexibility index (Phi) is 4.79. The molecule has 3 rings (SSSR count). The Balaban J connectivity index is 1.83. The van der Waals surface area contributed by atoms with Crippen molar-refractivity contribution >= 4 is 5.91 Å². The smallest absolute Gasteiger partial charge is 0.274 e. The summed E-state index contributed by atoms with van der Waals surface area (Å²) in [5.74, 6) is 0.416. The largest absolute Gasteiger partial charge is 0.467 e. The molecule has 0 aliphatic carbocycles. The van der Waals surface area contributed by atoms with E-state index in [1.165, 1.54) is 16.8 Å². The first-order valence-electron chi connectivity index (χ1n) is 7.99. The highest BCUT2D eigenvalue weighted by Crippen LogP contribution is 2.20. The lowest BCUT2D eigenvalue weighted by molar-refractivity contribution is 0.0717. The van der Waals surface area contributed by atoms with Crippen molar-refractivity contribution in [3.05, 3.63) is 88.2 Å². The molecule has 6 nitrogen and oxygen atoms in total. The molecule has 6 heteroatoms. The van der Waals surface area contributed by atoms with Crippen molar-refractivity contribution in [3.63, 3.8) is 0 Å². The predicted octanol–water partition coefficient (Wildman–Crippen LogP) is 2.72. The number of rotatable bonds is 5. The Morgan fingerprint density at radius 2 is 1.92 bits per heavy atom. The molecule has 0 bridgehead atoms. The van der Waals surface area contributed by atoms with Crippen LogP contribution in [0.5, 0.6) is 0 Å². The molecule has 3 aromatic rings. The summed E-state index contributed by atoms with van der Waals surface area (Å²) in [7, 11) is 1.68. The monoisotopic (exact) mass is 337 g/mol. The van der Waals surface area contributed by atoms with Gasteiger partial charge in [-0.3, -0.25) is 9.59 Å². The molecule has 1 atom stereocenters. The quantitative estimate of drug-likeness (QED) is 0.718. The van der Waals surface area contributed by atoms with Gasteiger partial charge in [0.1, 0.15) is 11.5 Å². The topological polar surface area (TPSA) is 68.3 Å². The number of amides is 1. The van der Waals surface area contributed by atoms with E-state index in [9.17, 15) is 9.59 Å². The number of aromatic nitrogens is 2. The number of carbonyl (C=O) groups excluding carboxylic acids is 1. The lowest BCUT2D eigenvalue weighted by atomic mass is 10.2. The fourth-order valence-corrected chi connectivity index (χ4v) is 2.51. The van der Waals surface area contributed by atoms with Gasteiger partial charge in [0.15, 0.2) is 0 Å². The van der Waals surface area contributed by atoms with Gasteiger partial charge in [-0.1, -0.05) is 30.3 Å². The first-order valence-corrected chi connectivity index (χ1v) is 7.99. The number of furan rings is 1. The second kappa shape index (κ2) is 7.17. The van der Waals surface area contributed by atoms with Gasteiger partial charge in [-0.15, -0.1) is 0 Å². The molecule has 0 saturated heterocycles. The van der Waals surface area contributed by atoms with Crippen LogP contribution in [0.15, 0.2) is 70.1 Å². The zero-order chi connectivity index (χ0) is 17.8. The summed E-state index contributed by atoms with van der Waals surface area (Å²) >= 11 is 0. The van der Waals surface area contributed by atoms with Crippen LogP contribution in [0, 0.1) is 0 Å². The molecule has 1 unspecified atom stereocenters. The Bertz CT molecular complexity index is 901. The summed E-state index contributed by atoms with van der Waals surface area (Å²) in [6.45, 7) is 2.19. The van der Waals surface area contributed by atoms with Crippen LogP contribution in [0.25, 0.3) is 0 Å². The fraction of sp³-hybridized carbons (Fsp3) is 0.211. The van der Waals surface area contributed by atoms with Gasteiger partial charge in [0, 0.05) is 13.1 Å². The summed E-state index contributed by atoms with van der Waals surface area (Å²) in [5.41, 5.74) is 0.914. The van der Waals surface area contributed by atoms with Gasteiger partial charge in [0.25, 0.3) is 11.5 Å². The highest BCUT2D eigenvalue weighted by molar-refractivity contribution is 5.92. The predicted molar refractivity (Wildman–Crippen MR) is 93.3 cm³/mol. The third-order valence-corrected chi connectivity index (χ3v) is 4.12. The molecule has 1 aromatic carbocycles. The molecule has 0 fully saturated rings. The van der Waals surface area contributed by atoms with E-state index in [2.05, 4.69) is 5.10 Å². The van der Waals surface area contributed by atoms with Crippen molar-refractivity contribution in [3.8, 4) is 0 Å². The van der Waals surface area contributed by atoms with Crippen LogP contribution in [0.4, 0.5) is 0 Å². The molecule has 0 aliphatic rings. The highest BCUT2D eigenvalue weighted by Gasteiger charge is 2.22. The van der Waals surface area contributed by atoms with Crippen LogP contribution >= 0.6 is 0 Å². The summed E-state index contributed by atoms with van der Waals surface area (Å²) in [5, 5.41) is 4.23. The summed E-state index contributed by atoms with van der Waals surface area (Å²) in [6.07, 6.45) is 1.57. The minimum atomic E-state index is -0.272. The van der Waals surface area contributed by atoms with E-state index in [0.29, 0.717) is 12.3 Å². The van der Waals surface area contributed by atoms with E-state index in [0.717, 1.165) is 5.56 Å². The van der Waals surface area contributed by atoms with Gasteiger partial charge in [-0.05, 0) is 30.7 Å². The van der Waals surface area contributed by atoms with E-state index >= 15 is 0 Å². The van der Waals surface area contributed by atoms with E-state index in [-0.39, 0.29) is 23.2 Å². The second-order valence-electron chi connectivity index (χ2n) is 5.81. The number of nitrogens with zero attached hydrogens (tertiary/aromatic N) is 3. The second-order valence-corrected chi connectivity index (χ2v) is 5.81. The SMILES string of the molecule is CC(c1ccco1)N(C)C(=O)c1ccc(=O)n(Cc2ccccc2)n1. The minimum Gasteiger partial charge on any atom is -0.467 e. The standard InChI is InChI=1S/C19H19N3O3/c1-14(17-9-6-12-25-17)21(2)19(24)16-10-11-18(23)22(20-16)13-15-7-4-3-5-8-15/h3-12,14H,13H2,1-2H3. The maximum Gasteiger partial charge on any atom is 0.274 e. The van der Waals surface area contributed by atoms with Crippen LogP contribution in [-0.4, -0.2) is 27.6 Å². The van der Waals surface area contributed by atoms with Crippen molar-refractivity contribution in [2.24, 2.45) is 0 Å². The highest BCUT2D eigenvalue weighted by atomic mass is 16.3. The third kappa shape index (κ3) is 3.68. The molecule has 0 aliphatic heterocycles. The number of hydrogen-bond donors (Lipinski definition) is 0. The first-order chi connectivity index (χ1) is 12.1. The van der Waals surface area contributed by atoms with Gasteiger partial charge >= 0.3 is 0 Å². The number of carbonyl (C=O) groups is 1. The minimum absolute atomic E-state index is 0.219. The summed E-state index contributed by atoms with van der Waals surface area (Å²) < 4.78 is 6.65. The molecule has 0 saturated carbocycles. The molecule has 25 heavy (non-hydrogen) atoms. The first kappa shape index (κ1) is 16.7. The molecule has 0 radical (unpaired) electrons. The molecule has 2 heterocycles. The molecule has 128 valence electrons. The fourth-order valence-electron chi connectivity index (χ4n) is 2.51. The summed E-state index contributed by atoms with van der Waals surface area (Å²) in [6, 6.07) is 15.7. The Morgan fingerprint density at radius 3 is 2.60 bits per heavy atom. The Hall–Kier alpha value is -3.15. The Morgan fingerprint density at radius 1 is 1.16 bits per heavy atom. The van der Waals surface area contributed by atoms with Gasteiger partial charge < -0.3 is 9.32 Å². The third-order valence-electron chi connectivity index (χ3n) is 4.12. The summed E-state index contributed by atoms with van der Waals surface area (Å²) in [4.78, 5) is 26.3. The molecule has 0 N–H and O–H groups in total. The average Bonchev–Trinajstić information content (AvgIpc) is 3.17. The van der Waals surface area contributed by atoms with E-state index in [1.807, 2.05) is 43.3 Å². The van der Waals surface area contributed by atoms with Gasteiger partial charge in [0.2, 0.25) is 0 Å². The maximum absolute atomic E-state index is 12.7. The lowest BCUT2D eigenvalue weighted by Gasteiger charge is -2.23. The van der Waals surface area contributed by atoms with Crippen molar-refractivity contribution < 1.29 is 9.21 Å².